The lowest BCUT2D eigenvalue weighted by Crippen LogP contribution is -2.26. The summed E-state index contributed by atoms with van der Waals surface area (Å²) >= 11 is 0. The molecule has 1 N–H and O–H groups in total. The minimum atomic E-state index is -0.439. The molecule has 27 heavy (non-hydrogen) atoms. The Morgan fingerprint density at radius 1 is 0.926 bits per heavy atom. The number of ether oxygens (including phenoxy) is 5. The minimum absolute atomic E-state index is 0.0735. The van der Waals surface area contributed by atoms with Crippen molar-refractivity contribution in [1.82, 2.24) is 0 Å². The van der Waals surface area contributed by atoms with Crippen molar-refractivity contribution in [2.24, 2.45) is 11.8 Å². The normalized spacial score (nSPS) is 25.0. The van der Waals surface area contributed by atoms with Crippen molar-refractivity contribution in [1.29, 1.82) is 0 Å². The molecule has 0 aromatic heterocycles. The molecule has 0 radical (unpaired) electrons. The number of benzene rings is 2. The zero-order valence-corrected chi connectivity index (χ0v) is 14.4. The Bertz CT molecular complexity index is 894. The van der Waals surface area contributed by atoms with E-state index in [0.29, 0.717) is 28.6 Å². The topological polar surface area (TPSA) is 83.5 Å². The molecule has 0 bridgehead atoms. The molecule has 0 spiro atoms. The van der Waals surface area contributed by atoms with E-state index < -0.39 is 5.92 Å². The van der Waals surface area contributed by atoms with Crippen LogP contribution in [0.3, 0.4) is 0 Å². The Hall–Kier alpha value is -2.77. The summed E-state index contributed by atoms with van der Waals surface area (Å²) in [6.45, 7) is 0.446. The van der Waals surface area contributed by atoms with Gasteiger partial charge < -0.3 is 28.8 Å². The number of carbonyl (C=O) groups is 1. The van der Waals surface area contributed by atoms with E-state index in [1.807, 2.05) is 18.2 Å². The molecule has 5 rings (SSSR count). The van der Waals surface area contributed by atoms with Crippen LogP contribution in [-0.4, -0.2) is 37.7 Å². The van der Waals surface area contributed by atoms with Gasteiger partial charge in [0.1, 0.15) is 0 Å². The van der Waals surface area contributed by atoms with Crippen molar-refractivity contribution in [3.63, 3.8) is 0 Å². The highest BCUT2D eigenvalue weighted by Crippen LogP contribution is 2.43. The molecule has 1 fully saturated rings. The largest absolute Gasteiger partial charge is 0.454 e. The molecule has 0 amide bonds. The van der Waals surface area contributed by atoms with Crippen LogP contribution < -0.4 is 18.9 Å². The molecule has 1 saturated heterocycles. The quantitative estimate of drug-likeness (QED) is 0.827. The van der Waals surface area contributed by atoms with E-state index >= 15 is 0 Å². The molecular formula is C20H18O7. The fraction of sp³-hybridized carbons (Fsp3) is 0.350. The molecule has 0 aliphatic carbocycles. The summed E-state index contributed by atoms with van der Waals surface area (Å²) in [6.07, 6.45) is -0.382. The summed E-state index contributed by atoms with van der Waals surface area (Å²) in [4.78, 5) is 13.0. The van der Waals surface area contributed by atoms with Crippen LogP contribution in [0.25, 0.3) is 0 Å². The third-order valence-electron chi connectivity index (χ3n) is 5.29. The number of aliphatic hydroxyl groups is 1. The van der Waals surface area contributed by atoms with Gasteiger partial charge in [0.25, 0.3) is 0 Å². The maximum absolute atomic E-state index is 13.0. The SMILES string of the molecule is O=C(c1ccc2c(c1)OCO2)[C@@H]1CO[C@H](c2ccc3c(c2)OCO3)[C@H]1CO. The summed E-state index contributed by atoms with van der Waals surface area (Å²) in [6, 6.07) is 10.7. The van der Waals surface area contributed by atoms with Crippen LogP contribution in [0.2, 0.25) is 0 Å². The van der Waals surface area contributed by atoms with Crippen LogP contribution in [0, 0.1) is 11.8 Å². The first kappa shape index (κ1) is 16.4. The minimum Gasteiger partial charge on any atom is -0.454 e. The molecule has 0 unspecified atom stereocenters. The second-order valence-electron chi connectivity index (χ2n) is 6.75. The molecular weight excluding hydrogens is 352 g/mol. The lowest BCUT2D eigenvalue weighted by atomic mass is 9.83. The zero-order chi connectivity index (χ0) is 18.4. The Balaban J connectivity index is 1.40. The first-order valence-electron chi connectivity index (χ1n) is 8.80. The second kappa shape index (κ2) is 6.44. The van der Waals surface area contributed by atoms with Crippen LogP contribution in [0.5, 0.6) is 23.0 Å². The van der Waals surface area contributed by atoms with Gasteiger partial charge in [-0.25, -0.2) is 0 Å². The van der Waals surface area contributed by atoms with Crippen molar-refractivity contribution in [3.8, 4) is 23.0 Å². The maximum atomic E-state index is 13.0. The number of hydrogen-bond acceptors (Lipinski definition) is 7. The third kappa shape index (κ3) is 2.70. The van der Waals surface area contributed by atoms with E-state index in [4.69, 9.17) is 23.7 Å². The highest BCUT2D eigenvalue weighted by Gasteiger charge is 2.42. The van der Waals surface area contributed by atoms with Crippen LogP contribution in [0.4, 0.5) is 0 Å². The molecule has 0 saturated carbocycles. The maximum Gasteiger partial charge on any atom is 0.231 e. The lowest BCUT2D eigenvalue weighted by Gasteiger charge is -2.20. The van der Waals surface area contributed by atoms with Gasteiger partial charge in [-0.3, -0.25) is 4.79 Å². The fourth-order valence-electron chi connectivity index (χ4n) is 3.86. The Morgan fingerprint density at radius 3 is 2.33 bits per heavy atom. The van der Waals surface area contributed by atoms with Gasteiger partial charge in [0.2, 0.25) is 13.6 Å². The monoisotopic (exact) mass is 370 g/mol. The number of rotatable bonds is 4. The molecule has 7 nitrogen and oxygen atoms in total. The van der Waals surface area contributed by atoms with Crippen LogP contribution >= 0.6 is 0 Å². The van der Waals surface area contributed by atoms with Crippen molar-refractivity contribution in [2.75, 3.05) is 26.8 Å². The molecule has 3 aliphatic heterocycles. The predicted octanol–water partition coefficient (Wildman–Crippen LogP) is 2.32. The van der Waals surface area contributed by atoms with Gasteiger partial charge in [-0.1, -0.05) is 6.07 Å². The number of ketones is 1. The van der Waals surface area contributed by atoms with Gasteiger partial charge in [0.15, 0.2) is 28.8 Å². The zero-order valence-electron chi connectivity index (χ0n) is 14.4. The molecule has 140 valence electrons. The van der Waals surface area contributed by atoms with Crippen LogP contribution in [-0.2, 0) is 4.74 Å². The first-order chi connectivity index (χ1) is 13.2. The van der Waals surface area contributed by atoms with Gasteiger partial charge in [0.05, 0.1) is 18.6 Å². The summed E-state index contributed by atoms with van der Waals surface area (Å²) in [5.41, 5.74) is 1.39. The van der Waals surface area contributed by atoms with Crippen molar-refractivity contribution in [3.05, 3.63) is 47.5 Å². The van der Waals surface area contributed by atoms with E-state index in [1.54, 1.807) is 18.2 Å². The van der Waals surface area contributed by atoms with Crippen molar-refractivity contribution in [2.45, 2.75) is 6.10 Å². The number of hydrogen-bond donors (Lipinski definition) is 1. The summed E-state index contributed by atoms with van der Waals surface area (Å²) in [7, 11) is 0. The Labute approximate surface area is 155 Å². The van der Waals surface area contributed by atoms with Gasteiger partial charge >= 0.3 is 0 Å². The van der Waals surface area contributed by atoms with E-state index in [2.05, 4.69) is 0 Å². The van der Waals surface area contributed by atoms with Crippen LogP contribution in [0.15, 0.2) is 36.4 Å². The number of Topliss-reactive ketones (excluding diaryl/α,β-unsaturated/α-hetero) is 1. The van der Waals surface area contributed by atoms with E-state index in [1.165, 1.54) is 0 Å². The van der Waals surface area contributed by atoms with Crippen molar-refractivity contribution < 1.29 is 33.6 Å². The summed E-state index contributed by atoms with van der Waals surface area (Å²) in [5.74, 6) is 1.67. The first-order valence-corrected chi connectivity index (χ1v) is 8.80. The molecule has 7 heteroatoms. The second-order valence-corrected chi connectivity index (χ2v) is 6.75. The van der Waals surface area contributed by atoms with Crippen LogP contribution in [0.1, 0.15) is 22.0 Å². The standard InChI is InChI=1S/C20H18O7/c21-7-13-14(19(22)11-1-3-15-17(5-11)26-9-24-15)8-23-20(13)12-2-4-16-18(6-12)27-10-25-16/h1-6,13-14,20-21H,7-10H2/t13-,14+,20+/m0/s1. The van der Waals surface area contributed by atoms with Gasteiger partial charge in [0, 0.05) is 18.1 Å². The number of carbonyl (C=O) groups excluding carboxylic acids is 1. The average Bonchev–Trinajstić information content (AvgIpc) is 3.44. The van der Waals surface area contributed by atoms with Crippen molar-refractivity contribution >= 4 is 5.78 Å². The van der Waals surface area contributed by atoms with Gasteiger partial charge in [-0.05, 0) is 35.9 Å². The average molecular weight is 370 g/mol. The smallest absolute Gasteiger partial charge is 0.231 e. The van der Waals surface area contributed by atoms with E-state index in [0.717, 1.165) is 5.56 Å². The predicted molar refractivity (Wildman–Crippen MR) is 92.2 cm³/mol. The lowest BCUT2D eigenvalue weighted by molar-refractivity contribution is 0.0713. The molecule has 3 heterocycles. The number of fused-ring (bicyclic) bond motifs is 2. The van der Waals surface area contributed by atoms with Gasteiger partial charge in [-0.2, -0.15) is 0 Å². The van der Waals surface area contributed by atoms with E-state index in [9.17, 15) is 9.90 Å². The molecule has 3 aliphatic rings. The van der Waals surface area contributed by atoms with E-state index in [-0.39, 0.29) is 44.6 Å². The molecule has 3 atom stereocenters. The molecule has 2 aromatic rings. The molecule has 2 aromatic carbocycles. The highest BCUT2D eigenvalue weighted by molar-refractivity contribution is 5.99. The third-order valence-corrected chi connectivity index (χ3v) is 5.29. The Kier molecular flexibility index (Phi) is 3.91. The van der Waals surface area contributed by atoms with Gasteiger partial charge in [-0.15, -0.1) is 0 Å². The Morgan fingerprint density at radius 2 is 1.59 bits per heavy atom. The summed E-state index contributed by atoms with van der Waals surface area (Å²) in [5, 5.41) is 9.98. The fourth-order valence-corrected chi connectivity index (χ4v) is 3.86. The highest BCUT2D eigenvalue weighted by atomic mass is 16.7. The number of aliphatic hydroxyl groups excluding tert-OH is 1. The summed E-state index contributed by atoms with van der Waals surface area (Å²) < 4.78 is 27.3.